The van der Waals surface area contributed by atoms with E-state index in [1.54, 1.807) is 6.20 Å². The fourth-order valence-electron chi connectivity index (χ4n) is 3.27. The zero-order valence-corrected chi connectivity index (χ0v) is 15.0. The van der Waals surface area contributed by atoms with Crippen LogP contribution in [0, 0.1) is 12.7 Å². The highest BCUT2D eigenvalue weighted by atomic mass is 19.3. The van der Waals surface area contributed by atoms with Crippen molar-refractivity contribution in [2.75, 3.05) is 5.32 Å². The third kappa shape index (κ3) is 3.64. The molecule has 1 aliphatic carbocycles. The number of nitrogens with zero attached hydrogens (tertiary/aromatic N) is 3. The largest absolute Gasteiger partial charge is 0.432 e. The van der Waals surface area contributed by atoms with Gasteiger partial charge >= 0.3 is 6.61 Å². The summed E-state index contributed by atoms with van der Waals surface area (Å²) in [4.78, 5) is 16.8. The summed E-state index contributed by atoms with van der Waals surface area (Å²) in [5.41, 5.74) is 2.51. The van der Waals surface area contributed by atoms with Gasteiger partial charge < -0.3 is 10.1 Å². The smallest absolute Gasteiger partial charge is 0.387 e. The molecule has 0 spiro atoms. The Morgan fingerprint density at radius 3 is 2.86 bits per heavy atom. The van der Waals surface area contributed by atoms with E-state index in [1.807, 2.05) is 13.0 Å². The number of halogens is 3. The molecule has 1 amide bonds. The molecule has 6 nitrogen and oxygen atoms in total. The summed E-state index contributed by atoms with van der Waals surface area (Å²) in [6.07, 6.45) is 3.95. The van der Waals surface area contributed by atoms with Crippen molar-refractivity contribution in [3.63, 3.8) is 0 Å². The SMILES string of the molecule is Cc1nn(CC(=O)Nc2ccc(F)cc2OC(F)F)c2nccc(C3CC3)c12. The molecular formula is C19H17F3N4O2. The van der Waals surface area contributed by atoms with Crippen LogP contribution in [0.2, 0.25) is 0 Å². The first-order chi connectivity index (χ1) is 13.4. The normalized spacial score (nSPS) is 13.9. The molecular weight excluding hydrogens is 373 g/mol. The van der Waals surface area contributed by atoms with Gasteiger partial charge in [-0.15, -0.1) is 0 Å². The molecule has 3 aromatic rings. The van der Waals surface area contributed by atoms with Crippen molar-refractivity contribution in [1.29, 1.82) is 0 Å². The number of carbonyl (C=O) groups excluding carboxylic acids is 1. The van der Waals surface area contributed by atoms with Crippen LogP contribution in [0.1, 0.15) is 30.0 Å². The van der Waals surface area contributed by atoms with Crippen molar-refractivity contribution in [1.82, 2.24) is 14.8 Å². The number of nitrogens with one attached hydrogen (secondary N) is 1. The van der Waals surface area contributed by atoms with Gasteiger partial charge in [0, 0.05) is 17.6 Å². The van der Waals surface area contributed by atoms with Crippen LogP contribution in [-0.2, 0) is 11.3 Å². The third-order valence-corrected chi connectivity index (χ3v) is 4.58. The molecule has 9 heteroatoms. The number of aryl methyl sites for hydroxylation is 1. The predicted octanol–water partition coefficient (Wildman–Crippen LogP) is 4.00. The first-order valence-electron chi connectivity index (χ1n) is 8.78. The molecule has 2 heterocycles. The fourth-order valence-corrected chi connectivity index (χ4v) is 3.27. The Bertz CT molecular complexity index is 1050. The summed E-state index contributed by atoms with van der Waals surface area (Å²) in [5.74, 6) is -1.21. The zero-order valence-electron chi connectivity index (χ0n) is 15.0. The minimum Gasteiger partial charge on any atom is -0.432 e. The molecule has 0 radical (unpaired) electrons. The van der Waals surface area contributed by atoms with Gasteiger partial charge in [-0.3, -0.25) is 4.79 Å². The van der Waals surface area contributed by atoms with Crippen LogP contribution in [-0.4, -0.2) is 27.3 Å². The lowest BCUT2D eigenvalue weighted by Crippen LogP contribution is -2.20. The van der Waals surface area contributed by atoms with Crippen molar-refractivity contribution >= 4 is 22.6 Å². The Morgan fingerprint density at radius 1 is 1.36 bits per heavy atom. The van der Waals surface area contributed by atoms with E-state index in [2.05, 4.69) is 20.1 Å². The van der Waals surface area contributed by atoms with Gasteiger partial charge in [-0.2, -0.15) is 13.9 Å². The summed E-state index contributed by atoms with van der Waals surface area (Å²) in [6, 6.07) is 4.98. The highest BCUT2D eigenvalue weighted by Crippen LogP contribution is 2.43. The second-order valence-electron chi connectivity index (χ2n) is 6.68. The minimum atomic E-state index is -3.14. The summed E-state index contributed by atoms with van der Waals surface area (Å²) in [5, 5.41) is 7.82. The second-order valence-corrected chi connectivity index (χ2v) is 6.68. The Hall–Kier alpha value is -3.10. The first kappa shape index (κ1) is 18.3. The van der Waals surface area contributed by atoms with Crippen LogP contribution in [0.5, 0.6) is 5.75 Å². The molecule has 28 heavy (non-hydrogen) atoms. The van der Waals surface area contributed by atoms with Gasteiger partial charge in [0.25, 0.3) is 0 Å². The average Bonchev–Trinajstić information content (AvgIpc) is 3.43. The van der Waals surface area contributed by atoms with E-state index in [0.717, 1.165) is 36.1 Å². The number of carbonyl (C=O) groups is 1. The summed E-state index contributed by atoms with van der Waals surface area (Å²) in [6.45, 7) is -1.45. The Kier molecular flexibility index (Phi) is 4.66. The number of rotatable bonds is 6. The molecule has 0 aliphatic heterocycles. The van der Waals surface area contributed by atoms with Crippen LogP contribution < -0.4 is 10.1 Å². The van der Waals surface area contributed by atoms with Crippen LogP contribution in [0.3, 0.4) is 0 Å². The number of aromatic nitrogens is 3. The summed E-state index contributed by atoms with van der Waals surface area (Å²) >= 11 is 0. The minimum absolute atomic E-state index is 0.0495. The molecule has 1 aromatic carbocycles. The molecule has 0 saturated heterocycles. The fraction of sp³-hybridized carbons (Fsp3) is 0.316. The molecule has 1 N–H and O–H groups in total. The van der Waals surface area contributed by atoms with E-state index >= 15 is 0 Å². The molecule has 4 rings (SSSR count). The number of amides is 1. The number of pyridine rings is 1. The average molecular weight is 390 g/mol. The zero-order chi connectivity index (χ0) is 19.8. The molecule has 1 fully saturated rings. The van der Waals surface area contributed by atoms with E-state index in [9.17, 15) is 18.0 Å². The Balaban J connectivity index is 1.57. The van der Waals surface area contributed by atoms with Crippen molar-refractivity contribution < 1.29 is 22.7 Å². The maximum absolute atomic E-state index is 13.3. The van der Waals surface area contributed by atoms with Gasteiger partial charge in [0.1, 0.15) is 12.4 Å². The van der Waals surface area contributed by atoms with Crippen LogP contribution >= 0.6 is 0 Å². The quantitative estimate of drug-likeness (QED) is 0.691. The standard InChI is InChI=1S/C19H17F3N4O2/c1-10-17-13(11-2-3-11)6-7-23-18(17)26(25-10)9-16(27)24-14-5-4-12(20)8-15(14)28-19(21)22/h4-8,11,19H,2-3,9H2,1H3,(H,24,27). The highest BCUT2D eigenvalue weighted by molar-refractivity contribution is 5.93. The number of hydrogen-bond donors (Lipinski definition) is 1. The first-order valence-corrected chi connectivity index (χ1v) is 8.78. The number of alkyl halides is 2. The lowest BCUT2D eigenvalue weighted by molar-refractivity contribution is -0.116. The predicted molar refractivity (Wildman–Crippen MR) is 95.9 cm³/mol. The number of hydrogen-bond acceptors (Lipinski definition) is 4. The third-order valence-electron chi connectivity index (χ3n) is 4.58. The highest BCUT2D eigenvalue weighted by Gasteiger charge is 2.27. The van der Waals surface area contributed by atoms with E-state index in [4.69, 9.17) is 0 Å². The van der Waals surface area contributed by atoms with Crippen molar-refractivity contribution in [2.24, 2.45) is 0 Å². The van der Waals surface area contributed by atoms with Crippen molar-refractivity contribution in [2.45, 2.75) is 38.8 Å². The van der Waals surface area contributed by atoms with Crippen LogP contribution in [0.25, 0.3) is 11.0 Å². The van der Waals surface area contributed by atoms with E-state index in [-0.39, 0.29) is 12.2 Å². The van der Waals surface area contributed by atoms with Gasteiger partial charge in [0.05, 0.1) is 11.4 Å². The Labute approximate surface area is 158 Å². The van der Waals surface area contributed by atoms with Gasteiger partial charge in [-0.05, 0) is 49.4 Å². The lowest BCUT2D eigenvalue weighted by Gasteiger charge is -2.12. The van der Waals surface area contributed by atoms with E-state index in [0.29, 0.717) is 11.6 Å². The molecule has 1 saturated carbocycles. The van der Waals surface area contributed by atoms with Gasteiger partial charge in [0.2, 0.25) is 5.91 Å². The second kappa shape index (κ2) is 7.14. The van der Waals surface area contributed by atoms with Crippen LogP contribution in [0.15, 0.2) is 30.5 Å². The van der Waals surface area contributed by atoms with E-state index in [1.165, 1.54) is 16.3 Å². The monoisotopic (exact) mass is 390 g/mol. The maximum atomic E-state index is 13.3. The van der Waals surface area contributed by atoms with Gasteiger partial charge in [0.15, 0.2) is 11.4 Å². The van der Waals surface area contributed by atoms with Gasteiger partial charge in [-0.1, -0.05) is 0 Å². The van der Waals surface area contributed by atoms with Gasteiger partial charge in [-0.25, -0.2) is 14.1 Å². The number of ether oxygens (including phenoxy) is 1. The molecule has 0 unspecified atom stereocenters. The topological polar surface area (TPSA) is 69.0 Å². The molecule has 0 bridgehead atoms. The lowest BCUT2D eigenvalue weighted by atomic mass is 10.1. The number of benzene rings is 1. The summed E-state index contributed by atoms with van der Waals surface area (Å²) in [7, 11) is 0. The molecule has 2 aromatic heterocycles. The molecule has 1 aliphatic rings. The van der Waals surface area contributed by atoms with Crippen molar-refractivity contribution in [3.05, 3.63) is 47.5 Å². The summed E-state index contributed by atoms with van der Waals surface area (Å²) < 4.78 is 44.1. The van der Waals surface area contributed by atoms with E-state index < -0.39 is 24.1 Å². The number of fused-ring (bicyclic) bond motifs is 1. The molecule has 146 valence electrons. The van der Waals surface area contributed by atoms with Crippen molar-refractivity contribution in [3.8, 4) is 5.75 Å². The maximum Gasteiger partial charge on any atom is 0.387 e. The Morgan fingerprint density at radius 2 is 2.14 bits per heavy atom. The molecule has 0 atom stereocenters. The number of anilines is 1. The van der Waals surface area contributed by atoms with Crippen LogP contribution in [0.4, 0.5) is 18.9 Å².